The van der Waals surface area contributed by atoms with Gasteiger partial charge < -0.3 is 15.7 Å². The lowest BCUT2D eigenvalue weighted by Gasteiger charge is -2.26. The fraction of sp³-hybridized carbons (Fsp3) is 0.550. The van der Waals surface area contributed by atoms with Gasteiger partial charge in [0.1, 0.15) is 5.54 Å². The molecule has 1 heterocycles. The second kappa shape index (κ2) is 8.08. The lowest BCUT2D eigenvalue weighted by molar-refractivity contribution is -0.123. The lowest BCUT2D eigenvalue weighted by atomic mass is 9.85. The molecule has 4 N–H and O–H groups in total. The number of aliphatic hydroxyl groups is 1. The van der Waals surface area contributed by atoms with Gasteiger partial charge in [-0.1, -0.05) is 44.2 Å². The fourth-order valence-corrected chi connectivity index (χ4v) is 3.97. The third kappa shape index (κ3) is 4.30. The molecule has 4 amide bonds. The Morgan fingerprint density at radius 3 is 2.44 bits per heavy atom. The molecule has 0 radical (unpaired) electrons. The first kappa shape index (κ1) is 19.4. The van der Waals surface area contributed by atoms with Gasteiger partial charge in [0.05, 0.1) is 12.6 Å². The molecule has 2 aliphatic rings. The summed E-state index contributed by atoms with van der Waals surface area (Å²) in [6, 6.07) is 5.80. The molecule has 146 valence electrons. The number of imide groups is 1. The molecule has 1 saturated heterocycles. The number of rotatable bonds is 6. The van der Waals surface area contributed by atoms with Crippen molar-refractivity contribution in [3.8, 4) is 0 Å². The summed E-state index contributed by atoms with van der Waals surface area (Å²) in [4.78, 5) is 35.9. The molecule has 2 fully saturated rings. The third-order valence-electron chi connectivity index (χ3n) is 5.67. The van der Waals surface area contributed by atoms with E-state index in [-0.39, 0.29) is 18.6 Å². The molecule has 0 spiro atoms. The van der Waals surface area contributed by atoms with E-state index in [1.165, 1.54) is 19.3 Å². The van der Waals surface area contributed by atoms with E-state index in [1.807, 2.05) is 0 Å². The van der Waals surface area contributed by atoms with Gasteiger partial charge in [0.25, 0.3) is 11.8 Å². The molecule has 2 atom stereocenters. The van der Waals surface area contributed by atoms with E-state index in [2.05, 4.69) is 16.0 Å². The molecule has 1 aliphatic carbocycles. The topological polar surface area (TPSA) is 108 Å². The highest BCUT2D eigenvalue weighted by Gasteiger charge is 2.43. The SMILES string of the molecule is CC1(c2ccc(C(=O)NC(CO)CC3CCCCC3)cc2)NC(=O)NC1=O. The summed E-state index contributed by atoms with van der Waals surface area (Å²) in [6.07, 6.45) is 6.84. The summed E-state index contributed by atoms with van der Waals surface area (Å²) in [6.45, 7) is 1.54. The average molecular weight is 373 g/mol. The van der Waals surface area contributed by atoms with Crippen LogP contribution in [0.2, 0.25) is 0 Å². The number of urea groups is 1. The highest BCUT2D eigenvalue weighted by Crippen LogP contribution is 2.27. The van der Waals surface area contributed by atoms with Crippen molar-refractivity contribution < 1.29 is 19.5 Å². The van der Waals surface area contributed by atoms with Crippen molar-refractivity contribution in [3.05, 3.63) is 35.4 Å². The van der Waals surface area contributed by atoms with Gasteiger partial charge in [-0.3, -0.25) is 14.9 Å². The molecule has 0 aromatic heterocycles. The van der Waals surface area contributed by atoms with Crippen molar-refractivity contribution in [1.82, 2.24) is 16.0 Å². The maximum Gasteiger partial charge on any atom is 0.322 e. The molecular formula is C20H27N3O4. The standard InChI is InChI=1S/C20H27N3O4/c1-20(18(26)22-19(27)23-20)15-9-7-14(8-10-15)17(25)21-16(12-24)11-13-5-3-2-4-6-13/h7-10,13,16,24H,2-6,11-12H2,1H3,(H,21,25)(H2,22,23,26,27). The molecule has 2 unspecified atom stereocenters. The van der Waals surface area contributed by atoms with Crippen LogP contribution in [0.5, 0.6) is 0 Å². The van der Waals surface area contributed by atoms with Crippen LogP contribution in [0.25, 0.3) is 0 Å². The molecule has 3 rings (SSSR count). The van der Waals surface area contributed by atoms with E-state index < -0.39 is 17.5 Å². The molecule has 1 saturated carbocycles. The van der Waals surface area contributed by atoms with E-state index in [9.17, 15) is 19.5 Å². The summed E-state index contributed by atoms with van der Waals surface area (Å²) in [5, 5.41) is 17.4. The maximum atomic E-state index is 12.5. The zero-order valence-corrected chi connectivity index (χ0v) is 15.6. The van der Waals surface area contributed by atoms with Gasteiger partial charge in [-0.25, -0.2) is 4.79 Å². The minimum atomic E-state index is -1.14. The minimum Gasteiger partial charge on any atom is -0.394 e. The van der Waals surface area contributed by atoms with Crippen molar-refractivity contribution in [2.45, 2.75) is 57.0 Å². The molecule has 1 aromatic carbocycles. The van der Waals surface area contributed by atoms with Gasteiger partial charge in [0, 0.05) is 5.56 Å². The molecule has 0 bridgehead atoms. The number of carbonyl (C=O) groups excluding carboxylic acids is 3. The number of carbonyl (C=O) groups is 3. The van der Waals surface area contributed by atoms with Gasteiger partial charge in [-0.2, -0.15) is 0 Å². The van der Waals surface area contributed by atoms with Crippen LogP contribution in [0.4, 0.5) is 4.79 Å². The van der Waals surface area contributed by atoms with Crippen molar-refractivity contribution in [2.75, 3.05) is 6.61 Å². The first-order valence-corrected chi connectivity index (χ1v) is 9.58. The van der Waals surface area contributed by atoms with Crippen LogP contribution in [0.1, 0.15) is 61.4 Å². The van der Waals surface area contributed by atoms with Crippen molar-refractivity contribution in [2.24, 2.45) is 5.92 Å². The second-order valence-electron chi connectivity index (χ2n) is 7.70. The van der Waals surface area contributed by atoms with Crippen LogP contribution in [0.3, 0.4) is 0 Å². The van der Waals surface area contributed by atoms with Crippen molar-refractivity contribution in [3.63, 3.8) is 0 Å². The highest BCUT2D eigenvalue weighted by molar-refractivity contribution is 6.07. The molecule has 1 aromatic rings. The Labute approximate surface area is 158 Å². The third-order valence-corrected chi connectivity index (χ3v) is 5.67. The number of nitrogens with one attached hydrogen (secondary N) is 3. The van der Waals surface area contributed by atoms with E-state index in [1.54, 1.807) is 31.2 Å². The van der Waals surface area contributed by atoms with Crippen LogP contribution < -0.4 is 16.0 Å². The smallest absolute Gasteiger partial charge is 0.322 e. The first-order chi connectivity index (χ1) is 12.9. The lowest BCUT2D eigenvalue weighted by Crippen LogP contribution is -2.41. The predicted octanol–water partition coefficient (Wildman–Crippen LogP) is 1.80. The fourth-order valence-electron chi connectivity index (χ4n) is 3.97. The Morgan fingerprint density at radius 2 is 1.89 bits per heavy atom. The van der Waals surface area contributed by atoms with Crippen LogP contribution in [-0.2, 0) is 10.3 Å². The number of hydrogen-bond donors (Lipinski definition) is 4. The molecule has 27 heavy (non-hydrogen) atoms. The normalized spacial score (nSPS) is 24.2. The Bertz CT molecular complexity index is 712. The quantitative estimate of drug-likeness (QED) is 0.570. The summed E-state index contributed by atoms with van der Waals surface area (Å²) in [5.74, 6) is -0.109. The maximum absolute atomic E-state index is 12.5. The molecular weight excluding hydrogens is 346 g/mol. The Kier molecular flexibility index (Phi) is 5.79. The Morgan fingerprint density at radius 1 is 1.22 bits per heavy atom. The highest BCUT2D eigenvalue weighted by atomic mass is 16.3. The monoisotopic (exact) mass is 373 g/mol. The van der Waals surface area contributed by atoms with Crippen LogP contribution >= 0.6 is 0 Å². The summed E-state index contributed by atoms with van der Waals surface area (Å²) in [5.41, 5.74) is -0.0850. The minimum absolute atomic E-state index is 0.0788. The number of amides is 4. The van der Waals surface area contributed by atoms with Gasteiger partial charge in [-0.05, 0) is 37.0 Å². The number of hydrogen-bond acceptors (Lipinski definition) is 4. The summed E-state index contributed by atoms with van der Waals surface area (Å²) < 4.78 is 0. The van der Waals surface area contributed by atoms with Crippen LogP contribution in [0.15, 0.2) is 24.3 Å². The Hall–Kier alpha value is -2.41. The molecule has 1 aliphatic heterocycles. The largest absolute Gasteiger partial charge is 0.394 e. The zero-order valence-electron chi connectivity index (χ0n) is 15.6. The van der Waals surface area contributed by atoms with E-state index in [0.29, 0.717) is 17.0 Å². The Balaban J connectivity index is 1.63. The van der Waals surface area contributed by atoms with E-state index in [4.69, 9.17) is 0 Å². The number of aliphatic hydroxyl groups excluding tert-OH is 1. The van der Waals surface area contributed by atoms with Gasteiger partial charge in [-0.15, -0.1) is 0 Å². The predicted molar refractivity (Wildman–Crippen MR) is 100 cm³/mol. The summed E-state index contributed by atoms with van der Waals surface area (Å²) in [7, 11) is 0. The first-order valence-electron chi connectivity index (χ1n) is 9.58. The van der Waals surface area contributed by atoms with Gasteiger partial charge >= 0.3 is 6.03 Å². The molecule has 7 nitrogen and oxygen atoms in total. The van der Waals surface area contributed by atoms with Gasteiger partial charge in [0.15, 0.2) is 0 Å². The van der Waals surface area contributed by atoms with E-state index >= 15 is 0 Å². The zero-order chi connectivity index (χ0) is 19.4. The summed E-state index contributed by atoms with van der Waals surface area (Å²) >= 11 is 0. The van der Waals surface area contributed by atoms with Crippen molar-refractivity contribution >= 4 is 17.8 Å². The second-order valence-corrected chi connectivity index (χ2v) is 7.70. The molecule has 7 heteroatoms. The van der Waals surface area contributed by atoms with E-state index in [0.717, 1.165) is 19.3 Å². The average Bonchev–Trinajstić information content (AvgIpc) is 2.94. The van der Waals surface area contributed by atoms with Crippen molar-refractivity contribution in [1.29, 1.82) is 0 Å². The van der Waals surface area contributed by atoms with Gasteiger partial charge in [0.2, 0.25) is 0 Å². The van der Waals surface area contributed by atoms with Crippen LogP contribution in [-0.4, -0.2) is 35.6 Å². The van der Waals surface area contributed by atoms with Crippen LogP contribution in [0, 0.1) is 5.92 Å². The number of benzene rings is 1.